The lowest BCUT2D eigenvalue weighted by molar-refractivity contribution is -0.117. The first-order valence-electron chi connectivity index (χ1n) is 9.23. The SMILES string of the molecule is CP(=O)(O)Oc1ccccc1/N=N/c1ccc(NC(=O)[C@@H](N)CCCCN)nc1N. The third-order valence-electron chi connectivity index (χ3n) is 3.86. The molecule has 0 aliphatic heterocycles. The molecule has 12 heteroatoms. The molecule has 0 bridgehead atoms. The van der Waals surface area contributed by atoms with E-state index in [4.69, 9.17) is 21.7 Å². The van der Waals surface area contributed by atoms with Crippen LogP contribution in [0.2, 0.25) is 0 Å². The van der Waals surface area contributed by atoms with Crippen molar-refractivity contribution in [3.8, 4) is 5.75 Å². The highest BCUT2D eigenvalue weighted by molar-refractivity contribution is 7.52. The zero-order chi connectivity index (χ0) is 22.1. The van der Waals surface area contributed by atoms with Crippen molar-refractivity contribution >= 4 is 36.5 Å². The third kappa shape index (κ3) is 7.53. The number of aromatic nitrogens is 1. The molecule has 2 aromatic rings. The fourth-order valence-electron chi connectivity index (χ4n) is 2.39. The topological polar surface area (TPSA) is 191 Å². The second-order valence-electron chi connectivity index (χ2n) is 6.54. The van der Waals surface area contributed by atoms with Gasteiger partial charge in [0, 0.05) is 6.66 Å². The van der Waals surface area contributed by atoms with Gasteiger partial charge < -0.3 is 31.9 Å². The van der Waals surface area contributed by atoms with Gasteiger partial charge in [-0.3, -0.25) is 4.79 Å². The van der Waals surface area contributed by atoms with Crippen LogP contribution < -0.4 is 27.0 Å². The van der Waals surface area contributed by atoms with Crippen molar-refractivity contribution in [3.05, 3.63) is 36.4 Å². The molecule has 8 N–H and O–H groups in total. The fourth-order valence-corrected chi connectivity index (χ4v) is 2.91. The molecule has 2 atom stereocenters. The Labute approximate surface area is 174 Å². The number of benzene rings is 1. The van der Waals surface area contributed by atoms with E-state index in [2.05, 4.69) is 20.5 Å². The molecule has 0 fully saturated rings. The standard InChI is InChI=1S/C18H26N7O4P/c1-30(27,28)29-15-8-3-2-7-13(15)24-25-14-9-10-16(22-17(14)21)23-18(26)12(20)6-4-5-11-19/h2-3,7-10,12H,4-6,11,19-20H2,1H3,(H,27,28)(H3,21,22,23,26)/b25-24+/t12-/m0/s1. The van der Waals surface area contributed by atoms with Gasteiger partial charge in [0.1, 0.15) is 17.2 Å². The molecule has 0 radical (unpaired) electrons. The van der Waals surface area contributed by atoms with Crippen LogP contribution in [0.5, 0.6) is 5.75 Å². The van der Waals surface area contributed by atoms with Crippen LogP contribution in [-0.4, -0.2) is 35.0 Å². The molecule has 0 aliphatic rings. The van der Waals surface area contributed by atoms with E-state index in [0.29, 0.717) is 13.0 Å². The summed E-state index contributed by atoms with van der Waals surface area (Å²) in [7, 11) is -3.75. The van der Waals surface area contributed by atoms with E-state index >= 15 is 0 Å². The van der Waals surface area contributed by atoms with Gasteiger partial charge in [-0.05, 0) is 43.7 Å². The number of nitrogens with two attached hydrogens (primary N) is 3. The van der Waals surface area contributed by atoms with Crippen LogP contribution in [0.1, 0.15) is 19.3 Å². The Morgan fingerprint density at radius 3 is 2.60 bits per heavy atom. The highest BCUT2D eigenvalue weighted by atomic mass is 31.2. The Balaban J connectivity index is 2.08. The number of pyridine rings is 1. The van der Waals surface area contributed by atoms with E-state index in [1.807, 2.05) is 0 Å². The average molecular weight is 435 g/mol. The van der Waals surface area contributed by atoms with Crippen molar-refractivity contribution in [1.82, 2.24) is 4.98 Å². The average Bonchev–Trinajstić information content (AvgIpc) is 2.67. The summed E-state index contributed by atoms with van der Waals surface area (Å²) in [6, 6.07) is 8.76. The number of unbranched alkanes of at least 4 members (excludes halogenated alkanes) is 1. The molecule has 1 heterocycles. The van der Waals surface area contributed by atoms with Gasteiger partial charge in [0.05, 0.1) is 6.04 Å². The first-order chi connectivity index (χ1) is 14.2. The zero-order valence-corrected chi connectivity index (χ0v) is 17.5. The van der Waals surface area contributed by atoms with Gasteiger partial charge >= 0.3 is 7.60 Å². The molecule has 0 saturated heterocycles. The molecule has 1 aromatic carbocycles. The Bertz CT molecular complexity index is 948. The summed E-state index contributed by atoms with van der Waals surface area (Å²) in [5, 5.41) is 10.6. The summed E-state index contributed by atoms with van der Waals surface area (Å²) in [6.45, 7) is 1.62. The number of hydrogen-bond donors (Lipinski definition) is 5. The summed E-state index contributed by atoms with van der Waals surface area (Å²) < 4.78 is 16.5. The zero-order valence-electron chi connectivity index (χ0n) is 16.6. The first-order valence-corrected chi connectivity index (χ1v) is 11.3. The van der Waals surface area contributed by atoms with Crippen molar-refractivity contribution in [2.75, 3.05) is 24.3 Å². The number of amides is 1. The molecule has 1 amide bonds. The smallest absolute Gasteiger partial charge is 0.373 e. The lowest BCUT2D eigenvalue weighted by Gasteiger charge is -2.12. The fraction of sp³-hybridized carbons (Fsp3) is 0.333. The molecular weight excluding hydrogens is 409 g/mol. The van der Waals surface area contributed by atoms with Crippen LogP contribution in [-0.2, 0) is 9.36 Å². The van der Waals surface area contributed by atoms with Crippen LogP contribution in [0.4, 0.5) is 23.0 Å². The summed E-state index contributed by atoms with van der Waals surface area (Å²) in [5.41, 5.74) is 17.7. The van der Waals surface area contributed by atoms with E-state index in [-0.39, 0.29) is 34.7 Å². The summed E-state index contributed by atoms with van der Waals surface area (Å²) in [4.78, 5) is 25.6. The minimum absolute atomic E-state index is 0.0370. The number of hydrogen-bond acceptors (Lipinski definition) is 9. The van der Waals surface area contributed by atoms with E-state index in [1.54, 1.807) is 18.2 Å². The molecule has 0 spiro atoms. The highest BCUT2D eigenvalue weighted by Gasteiger charge is 2.16. The normalized spacial score (nSPS) is 14.3. The van der Waals surface area contributed by atoms with E-state index < -0.39 is 13.6 Å². The van der Waals surface area contributed by atoms with Gasteiger partial charge in [-0.1, -0.05) is 18.6 Å². The van der Waals surface area contributed by atoms with Crippen molar-refractivity contribution in [1.29, 1.82) is 0 Å². The first kappa shape index (κ1) is 23.4. The molecule has 1 aromatic heterocycles. The number of anilines is 2. The lowest BCUT2D eigenvalue weighted by atomic mass is 10.1. The molecule has 0 aliphatic carbocycles. The predicted octanol–water partition coefficient (Wildman–Crippen LogP) is 2.67. The Morgan fingerprint density at radius 2 is 1.93 bits per heavy atom. The minimum atomic E-state index is -3.75. The second-order valence-corrected chi connectivity index (χ2v) is 8.33. The summed E-state index contributed by atoms with van der Waals surface area (Å²) in [6.07, 6.45) is 2.08. The van der Waals surface area contributed by atoms with Crippen LogP contribution >= 0.6 is 7.60 Å². The van der Waals surface area contributed by atoms with Crippen molar-refractivity contribution < 1.29 is 18.8 Å². The Morgan fingerprint density at radius 1 is 1.23 bits per heavy atom. The maximum absolute atomic E-state index is 12.1. The van der Waals surface area contributed by atoms with Gasteiger partial charge in [0.2, 0.25) is 5.91 Å². The van der Waals surface area contributed by atoms with Gasteiger partial charge in [-0.25, -0.2) is 9.55 Å². The number of carbonyl (C=O) groups is 1. The number of nitrogen functional groups attached to an aromatic ring is 1. The van der Waals surface area contributed by atoms with E-state index in [9.17, 15) is 14.3 Å². The van der Waals surface area contributed by atoms with E-state index in [0.717, 1.165) is 19.5 Å². The van der Waals surface area contributed by atoms with Crippen LogP contribution in [0, 0.1) is 0 Å². The van der Waals surface area contributed by atoms with Crippen molar-refractivity contribution in [3.63, 3.8) is 0 Å². The molecule has 11 nitrogen and oxygen atoms in total. The highest BCUT2D eigenvalue weighted by Crippen LogP contribution is 2.42. The summed E-state index contributed by atoms with van der Waals surface area (Å²) >= 11 is 0. The molecule has 1 unspecified atom stereocenters. The van der Waals surface area contributed by atoms with Crippen LogP contribution in [0.25, 0.3) is 0 Å². The number of azo groups is 1. The number of carbonyl (C=O) groups excluding carboxylic acids is 1. The molecule has 2 rings (SSSR count). The molecule has 162 valence electrons. The van der Waals surface area contributed by atoms with Crippen LogP contribution in [0.15, 0.2) is 46.6 Å². The molecule has 0 saturated carbocycles. The Hall–Kier alpha value is -2.85. The maximum Gasteiger partial charge on any atom is 0.373 e. The van der Waals surface area contributed by atoms with Crippen molar-refractivity contribution in [2.24, 2.45) is 21.7 Å². The third-order valence-corrected chi connectivity index (χ3v) is 4.39. The van der Waals surface area contributed by atoms with Crippen molar-refractivity contribution in [2.45, 2.75) is 25.3 Å². The van der Waals surface area contributed by atoms with Gasteiger partial charge in [-0.2, -0.15) is 0 Å². The monoisotopic (exact) mass is 435 g/mol. The maximum atomic E-state index is 12.1. The van der Waals surface area contributed by atoms with E-state index in [1.165, 1.54) is 18.2 Å². The summed E-state index contributed by atoms with van der Waals surface area (Å²) in [5.74, 6) is 0.0117. The second kappa shape index (κ2) is 10.8. The molecular formula is C18H26N7O4P. The minimum Gasteiger partial charge on any atom is -0.422 e. The number of rotatable bonds is 10. The largest absolute Gasteiger partial charge is 0.422 e. The number of nitrogens with zero attached hydrogens (tertiary/aromatic N) is 3. The predicted molar refractivity (Wildman–Crippen MR) is 115 cm³/mol. The number of para-hydroxylation sites is 1. The van der Waals surface area contributed by atoms with Gasteiger partial charge in [-0.15, -0.1) is 10.2 Å². The van der Waals surface area contributed by atoms with Gasteiger partial charge in [0.15, 0.2) is 11.6 Å². The molecule has 30 heavy (non-hydrogen) atoms. The Kier molecular flexibility index (Phi) is 8.43. The van der Waals surface area contributed by atoms with Gasteiger partial charge in [0.25, 0.3) is 0 Å². The van der Waals surface area contributed by atoms with Crippen LogP contribution in [0.3, 0.4) is 0 Å². The number of nitrogens with one attached hydrogen (secondary N) is 1. The lowest BCUT2D eigenvalue weighted by Crippen LogP contribution is -2.35. The quantitative estimate of drug-likeness (QED) is 0.213.